The number of nitrogens with two attached hydrogens (primary N) is 1. The van der Waals surface area contributed by atoms with Gasteiger partial charge in [-0.15, -0.1) is 0 Å². The molecule has 18 heavy (non-hydrogen) atoms. The van der Waals surface area contributed by atoms with Crippen LogP contribution in [0.3, 0.4) is 0 Å². The fourth-order valence-corrected chi connectivity index (χ4v) is 2.24. The summed E-state index contributed by atoms with van der Waals surface area (Å²) in [4.78, 5) is 4.03. The van der Waals surface area contributed by atoms with Gasteiger partial charge in [-0.3, -0.25) is 5.41 Å². The van der Waals surface area contributed by atoms with E-state index in [9.17, 15) is 0 Å². The molecule has 0 saturated heterocycles. The molecule has 0 amide bonds. The molecule has 0 aliphatic carbocycles. The summed E-state index contributed by atoms with van der Waals surface area (Å²) in [6.07, 6.45) is 3.14. The summed E-state index contributed by atoms with van der Waals surface area (Å²) in [5.74, 6) is 1.45. The molecule has 0 bridgehead atoms. The highest BCUT2D eigenvalue weighted by molar-refractivity contribution is 7.98. The lowest BCUT2D eigenvalue weighted by Crippen LogP contribution is -2.11. The van der Waals surface area contributed by atoms with Crippen LogP contribution in [0.1, 0.15) is 11.1 Å². The minimum absolute atomic E-state index is 0.0417. The molecule has 0 atom stereocenters. The molecule has 1 aromatic heterocycles. The third-order valence-corrected chi connectivity index (χ3v) is 3.26. The summed E-state index contributed by atoms with van der Waals surface area (Å²) < 4.78 is 10.4. The lowest BCUT2D eigenvalue weighted by atomic mass is 10.1. The first-order valence-electron chi connectivity index (χ1n) is 5.24. The number of amidine groups is 1. The van der Waals surface area contributed by atoms with Gasteiger partial charge in [-0.05, 0) is 18.2 Å². The number of hydrogen-bond acceptors (Lipinski definition) is 5. The zero-order valence-electron chi connectivity index (χ0n) is 9.84. The molecule has 0 aliphatic heterocycles. The molecule has 0 radical (unpaired) electrons. The van der Waals surface area contributed by atoms with Gasteiger partial charge in [-0.2, -0.15) is 0 Å². The summed E-state index contributed by atoms with van der Waals surface area (Å²) in [7, 11) is 1.61. The Morgan fingerprint density at radius 2 is 2.39 bits per heavy atom. The zero-order valence-corrected chi connectivity index (χ0v) is 10.7. The number of methoxy groups -OCH3 is 1. The Hall–Kier alpha value is -1.95. The smallest absolute Gasteiger partial charge is 0.255 e. The molecule has 1 heterocycles. The summed E-state index contributed by atoms with van der Waals surface area (Å²) in [6, 6.07) is 5.42. The summed E-state index contributed by atoms with van der Waals surface area (Å²) in [5, 5.41) is 8.03. The predicted octanol–water partition coefficient (Wildman–Crippen LogP) is 2.26. The third kappa shape index (κ3) is 2.84. The van der Waals surface area contributed by atoms with Crippen LogP contribution < -0.4 is 10.5 Å². The van der Waals surface area contributed by atoms with Gasteiger partial charge in [-0.1, -0.05) is 11.8 Å². The van der Waals surface area contributed by atoms with Crippen LogP contribution in [-0.4, -0.2) is 17.9 Å². The molecule has 5 nitrogen and oxygen atoms in total. The van der Waals surface area contributed by atoms with E-state index in [0.717, 1.165) is 11.3 Å². The van der Waals surface area contributed by atoms with Crippen LogP contribution in [0.15, 0.2) is 40.3 Å². The van der Waals surface area contributed by atoms with E-state index in [-0.39, 0.29) is 5.84 Å². The Balaban J connectivity index is 2.18. The van der Waals surface area contributed by atoms with Gasteiger partial charge < -0.3 is 14.9 Å². The molecule has 0 saturated carbocycles. The molecule has 3 N–H and O–H groups in total. The van der Waals surface area contributed by atoms with Gasteiger partial charge in [0.1, 0.15) is 17.8 Å². The highest BCUT2D eigenvalue weighted by Gasteiger charge is 2.08. The molecular weight excluding hydrogens is 250 g/mol. The number of oxazole rings is 1. The van der Waals surface area contributed by atoms with Gasteiger partial charge in [0, 0.05) is 16.9 Å². The van der Waals surface area contributed by atoms with Crippen molar-refractivity contribution in [3.05, 3.63) is 41.8 Å². The number of ether oxygens (including phenoxy) is 1. The topological polar surface area (TPSA) is 85.1 Å². The van der Waals surface area contributed by atoms with Crippen LogP contribution in [-0.2, 0) is 5.75 Å². The van der Waals surface area contributed by atoms with Gasteiger partial charge in [0.25, 0.3) is 5.22 Å². The van der Waals surface area contributed by atoms with E-state index in [0.29, 0.717) is 16.5 Å². The van der Waals surface area contributed by atoms with E-state index in [1.165, 1.54) is 18.0 Å². The number of nitrogen functional groups attached to an aromatic ring is 1. The molecule has 6 heteroatoms. The molecule has 1 aromatic carbocycles. The zero-order chi connectivity index (χ0) is 13.0. The summed E-state index contributed by atoms with van der Waals surface area (Å²) >= 11 is 1.46. The highest BCUT2D eigenvalue weighted by atomic mass is 32.2. The van der Waals surface area contributed by atoms with Crippen molar-refractivity contribution < 1.29 is 9.15 Å². The molecule has 0 spiro atoms. The Bertz CT molecular complexity index is 540. The molecule has 94 valence electrons. The Labute approximate surface area is 109 Å². The average molecular weight is 263 g/mol. The van der Waals surface area contributed by atoms with E-state index in [1.54, 1.807) is 19.4 Å². The fraction of sp³-hybridized carbons (Fsp3) is 0.167. The lowest BCUT2D eigenvalue weighted by Gasteiger charge is -2.09. The van der Waals surface area contributed by atoms with Crippen molar-refractivity contribution in [2.75, 3.05) is 7.11 Å². The van der Waals surface area contributed by atoms with E-state index in [2.05, 4.69) is 4.98 Å². The van der Waals surface area contributed by atoms with Crippen LogP contribution in [0.5, 0.6) is 5.75 Å². The maximum Gasteiger partial charge on any atom is 0.255 e. The largest absolute Gasteiger partial charge is 0.496 e. The first-order chi connectivity index (χ1) is 8.70. The van der Waals surface area contributed by atoms with Crippen molar-refractivity contribution in [1.29, 1.82) is 5.41 Å². The van der Waals surface area contributed by atoms with E-state index in [1.807, 2.05) is 12.1 Å². The van der Waals surface area contributed by atoms with Gasteiger partial charge in [-0.25, -0.2) is 4.98 Å². The van der Waals surface area contributed by atoms with Crippen molar-refractivity contribution >= 4 is 17.6 Å². The maximum absolute atomic E-state index is 7.43. The van der Waals surface area contributed by atoms with Crippen molar-refractivity contribution in [2.45, 2.75) is 11.0 Å². The monoisotopic (exact) mass is 263 g/mol. The van der Waals surface area contributed by atoms with Crippen LogP contribution in [0.2, 0.25) is 0 Å². The van der Waals surface area contributed by atoms with Crippen LogP contribution in [0.4, 0.5) is 0 Å². The predicted molar refractivity (Wildman–Crippen MR) is 70.1 cm³/mol. The molecule has 0 fully saturated rings. The van der Waals surface area contributed by atoms with Gasteiger partial charge in [0.05, 0.1) is 13.3 Å². The number of rotatable bonds is 5. The fourth-order valence-electron chi connectivity index (χ4n) is 1.48. The van der Waals surface area contributed by atoms with Crippen molar-refractivity contribution in [2.24, 2.45) is 5.73 Å². The summed E-state index contributed by atoms with van der Waals surface area (Å²) in [6.45, 7) is 0. The standard InChI is InChI=1S/C12H13N3O2S/c1-16-10-3-2-8(11(13)14)6-9(10)7-18-12-15-4-5-17-12/h2-6H,7H2,1H3,(H3,13,14). The van der Waals surface area contributed by atoms with Crippen molar-refractivity contribution in [3.8, 4) is 5.75 Å². The Morgan fingerprint density at radius 1 is 1.56 bits per heavy atom. The molecule has 2 aromatic rings. The normalized spacial score (nSPS) is 10.3. The number of thioether (sulfide) groups is 1. The first-order valence-corrected chi connectivity index (χ1v) is 6.23. The minimum Gasteiger partial charge on any atom is -0.496 e. The van der Waals surface area contributed by atoms with Crippen molar-refractivity contribution in [1.82, 2.24) is 4.98 Å². The van der Waals surface area contributed by atoms with Crippen molar-refractivity contribution in [3.63, 3.8) is 0 Å². The Morgan fingerprint density at radius 3 is 3.00 bits per heavy atom. The molecular formula is C12H13N3O2S. The minimum atomic E-state index is 0.0417. The Kier molecular flexibility index (Phi) is 3.88. The van der Waals surface area contributed by atoms with Crippen LogP contribution >= 0.6 is 11.8 Å². The van der Waals surface area contributed by atoms with Crippen LogP contribution in [0.25, 0.3) is 0 Å². The number of nitrogens with one attached hydrogen (secondary N) is 1. The van der Waals surface area contributed by atoms with E-state index in [4.69, 9.17) is 20.3 Å². The summed E-state index contributed by atoms with van der Waals surface area (Å²) in [5.41, 5.74) is 7.10. The second kappa shape index (κ2) is 5.59. The number of aromatic nitrogens is 1. The number of hydrogen-bond donors (Lipinski definition) is 2. The van der Waals surface area contributed by atoms with Crippen LogP contribution in [0, 0.1) is 5.41 Å². The number of nitrogens with zero attached hydrogens (tertiary/aromatic N) is 1. The average Bonchev–Trinajstić information content (AvgIpc) is 2.89. The maximum atomic E-state index is 7.43. The molecule has 0 aliphatic rings. The third-order valence-electron chi connectivity index (χ3n) is 2.35. The lowest BCUT2D eigenvalue weighted by molar-refractivity contribution is 0.411. The van der Waals surface area contributed by atoms with Gasteiger partial charge >= 0.3 is 0 Å². The first kappa shape index (κ1) is 12.5. The SMILES string of the molecule is COc1ccc(C(=N)N)cc1CSc1ncco1. The van der Waals surface area contributed by atoms with Gasteiger partial charge in [0.2, 0.25) is 0 Å². The quantitative estimate of drug-likeness (QED) is 0.491. The number of benzene rings is 1. The second-order valence-electron chi connectivity index (χ2n) is 3.53. The van der Waals surface area contributed by atoms with E-state index < -0.39 is 0 Å². The van der Waals surface area contributed by atoms with E-state index >= 15 is 0 Å². The highest BCUT2D eigenvalue weighted by Crippen LogP contribution is 2.27. The van der Waals surface area contributed by atoms with Gasteiger partial charge in [0.15, 0.2) is 0 Å². The molecule has 0 unspecified atom stereocenters. The second-order valence-corrected chi connectivity index (χ2v) is 4.45. The molecule has 2 rings (SSSR count).